The van der Waals surface area contributed by atoms with Gasteiger partial charge in [0, 0.05) is 23.2 Å². The first kappa shape index (κ1) is 12.4. The van der Waals surface area contributed by atoms with Crippen LogP contribution < -0.4 is 5.32 Å². The van der Waals surface area contributed by atoms with Gasteiger partial charge in [-0.3, -0.25) is 0 Å². The summed E-state index contributed by atoms with van der Waals surface area (Å²) in [6, 6.07) is 7.90. The van der Waals surface area contributed by atoms with Crippen molar-refractivity contribution in [2.24, 2.45) is 5.92 Å². The highest BCUT2D eigenvalue weighted by atomic mass is 79.9. The van der Waals surface area contributed by atoms with Gasteiger partial charge in [-0.1, -0.05) is 15.9 Å². The third-order valence-electron chi connectivity index (χ3n) is 3.11. The third-order valence-corrected chi connectivity index (χ3v) is 3.57. The van der Waals surface area contributed by atoms with Gasteiger partial charge in [0.25, 0.3) is 0 Å². The maximum atomic E-state index is 8.90. The normalized spacial score (nSPS) is 20.2. The zero-order valence-electron chi connectivity index (χ0n) is 9.91. The number of nitriles is 1. The maximum Gasteiger partial charge on any atom is 0.0992 e. The van der Waals surface area contributed by atoms with Crippen LogP contribution in [0, 0.1) is 17.2 Å². The van der Waals surface area contributed by atoms with E-state index in [2.05, 4.69) is 39.3 Å². The summed E-state index contributed by atoms with van der Waals surface area (Å²) in [5.74, 6) is 0.713. The second kappa shape index (κ2) is 5.52. The van der Waals surface area contributed by atoms with Crippen LogP contribution in [0.4, 0.5) is 5.69 Å². The van der Waals surface area contributed by atoms with Crippen molar-refractivity contribution in [1.82, 2.24) is 4.90 Å². The largest absolute Gasteiger partial charge is 0.385 e. The van der Waals surface area contributed by atoms with E-state index in [1.54, 1.807) is 0 Å². The van der Waals surface area contributed by atoms with Gasteiger partial charge in [0.2, 0.25) is 0 Å². The van der Waals surface area contributed by atoms with Gasteiger partial charge in [-0.05, 0) is 44.1 Å². The fraction of sp³-hybridized carbons (Fsp3) is 0.462. The van der Waals surface area contributed by atoms with Gasteiger partial charge in [-0.2, -0.15) is 5.26 Å². The Bertz CT molecular complexity index is 439. The molecule has 1 heterocycles. The van der Waals surface area contributed by atoms with Gasteiger partial charge in [-0.15, -0.1) is 0 Å². The van der Waals surface area contributed by atoms with E-state index in [1.165, 1.54) is 13.0 Å². The lowest BCUT2D eigenvalue weighted by Gasteiger charge is -2.13. The molecule has 17 heavy (non-hydrogen) atoms. The van der Waals surface area contributed by atoms with Crippen LogP contribution in [0.3, 0.4) is 0 Å². The van der Waals surface area contributed by atoms with Crippen LogP contribution in [-0.2, 0) is 0 Å². The highest BCUT2D eigenvalue weighted by Gasteiger charge is 2.18. The minimum absolute atomic E-state index is 0.686. The van der Waals surface area contributed by atoms with Crippen LogP contribution in [0.2, 0.25) is 0 Å². The number of benzene rings is 1. The number of rotatable bonds is 3. The quantitative estimate of drug-likeness (QED) is 0.931. The Kier molecular flexibility index (Phi) is 4.03. The van der Waals surface area contributed by atoms with E-state index in [-0.39, 0.29) is 0 Å². The number of nitrogens with zero attached hydrogens (tertiary/aromatic N) is 2. The van der Waals surface area contributed by atoms with Crippen LogP contribution in [0.15, 0.2) is 22.7 Å². The Morgan fingerprint density at radius 1 is 1.53 bits per heavy atom. The van der Waals surface area contributed by atoms with Crippen molar-refractivity contribution in [3.63, 3.8) is 0 Å². The van der Waals surface area contributed by atoms with Gasteiger partial charge in [0.15, 0.2) is 0 Å². The Labute approximate surface area is 111 Å². The maximum absolute atomic E-state index is 8.90. The Balaban J connectivity index is 1.95. The van der Waals surface area contributed by atoms with Crippen LogP contribution in [0.1, 0.15) is 12.0 Å². The van der Waals surface area contributed by atoms with Crippen LogP contribution in [0.5, 0.6) is 0 Å². The van der Waals surface area contributed by atoms with E-state index in [4.69, 9.17) is 5.26 Å². The minimum Gasteiger partial charge on any atom is -0.385 e. The molecular weight excluding hydrogens is 278 g/mol. The van der Waals surface area contributed by atoms with Gasteiger partial charge in [0.05, 0.1) is 11.6 Å². The first-order chi connectivity index (χ1) is 8.17. The number of halogens is 1. The topological polar surface area (TPSA) is 39.1 Å². The van der Waals surface area contributed by atoms with Crippen molar-refractivity contribution in [3.05, 3.63) is 28.2 Å². The average Bonchev–Trinajstić information content (AvgIpc) is 2.72. The molecule has 90 valence electrons. The van der Waals surface area contributed by atoms with E-state index < -0.39 is 0 Å². The molecule has 1 aromatic carbocycles. The molecule has 0 saturated carbocycles. The molecule has 1 unspecified atom stereocenters. The number of anilines is 1. The highest BCUT2D eigenvalue weighted by Crippen LogP contribution is 2.21. The number of hydrogen-bond donors (Lipinski definition) is 1. The summed E-state index contributed by atoms with van der Waals surface area (Å²) in [5, 5.41) is 12.3. The van der Waals surface area contributed by atoms with Gasteiger partial charge in [0.1, 0.15) is 0 Å². The van der Waals surface area contributed by atoms with Gasteiger partial charge >= 0.3 is 0 Å². The SMILES string of the molecule is CN1CCC(CNc2cc(Br)cc(C#N)c2)C1. The molecule has 0 amide bonds. The molecule has 1 saturated heterocycles. The van der Waals surface area contributed by atoms with Crippen molar-refractivity contribution < 1.29 is 0 Å². The lowest BCUT2D eigenvalue weighted by Crippen LogP contribution is -2.19. The number of likely N-dealkylation sites (tertiary alicyclic amines) is 1. The summed E-state index contributed by atoms with van der Waals surface area (Å²) < 4.78 is 0.947. The number of nitrogens with one attached hydrogen (secondary N) is 1. The molecular formula is C13H16BrN3. The summed E-state index contributed by atoms with van der Waals surface area (Å²) in [4.78, 5) is 2.36. The Morgan fingerprint density at radius 2 is 2.35 bits per heavy atom. The highest BCUT2D eigenvalue weighted by molar-refractivity contribution is 9.10. The molecule has 1 aliphatic heterocycles. The molecule has 0 aliphatic carbocycles. The van der Waals surface area contributed by atoms with Crippen LogP contribution >= 0.6 is 15.9 Å². The first-order valence-electron chi connectivity index (χ1n) is 5.80. The molecule has 4 heteroatoms. The fourth-order valence-corrected chi connectivity index (χ4v) is 2.70. The predicted molar refractivity (Wildman–Crippen MR) is 73.0 cm³/mol. The van der Waals surface area contributed by atoms with Crippen molar-refractivity contribution >= 4 is 21.6 Å². The second-order valence-electron chi connectivity index (χ2n) is 4.64. The molecule has 3 nitrogen and oxygen atoms in total. The standard InChI is InChI=1S/C13H16BrN3/c1-17-3-2-10(9-17)8-16-13-5-11(7-15)4-12(14)6-13/h4-6,10,16H,2-3,8-9H2,1H3. The first-order valence-corrected chi connectivity index (χ1v) is 6.60. The molecule has 1 aromatic rings. The summed E-state index contributed by atoms with van der Waals surface area (Å²) in [7, 11) is 2.16. The molecule has 0 spiro atoms. The van der Waals surface area contributed by atoms with Crippen LogP contribution in [0.25, 0.3) is 0 Å². The zero-order valence-corrected chi connectivity index (χ0v) is 11.5. The van der Waals surface area contributed by atoms with Crippen molar-refractivity contribution in [1.29, 1.82) is 5.26 Å². The molecule has 1 aliphatic rings. The van der Waals surface area contributed by atoms with E-state index >= 15 is 0 Å². The van der Waals surface area contributed by atoms with Crippen molar-refractivity contribution in [2.75, 3.05) is 32.0 Å². The summed E-state index contributed by atoms with van der Waals surface area (Å²) in [6.07, 6.45) is 1.25. The van der Waals surface area contributed by atoms with Crippen molar-refractivity contribution in [3.8, 4) is 6.07 Å². The van der Waals surface area contributed by atoms with E-state index in [0.29, 0.717) is 11.5 Å². The lowest BCUT2D eigenvalue weighted by atomic mass is 10.1. The molecule has 2 rings (SSSR count). The van der Waals surface area contributed by atoms with Gasteiger partial charge in [-0.25, -0.2) is 0 Å². The molecule has 1 N–H and O–H groups in total. The minimum atomic E-state index is 0.686. The average molecular weight is 294 g/mol. The second-order valence-corrected chi connectivity index (χ2v) is 5.55. The number of hydrogen-bond acceptors (Lipinski definition) is 3. The summed E-state index contributed by atoms with van der Waals surface area (Å²) >= 11 is 3.42. The van der Waals surface area contributed by atoms with E-state index in [1.807, 2.05) is 18.2 Å². The molecule has 1 fully saturated rings. The molecule has 1 atom stereocenters. The fourth-order valence-electron chi connectivity index (χ4n) is 2.21. The monoisotopic (exact) mass is 293 g/mol. The van der Waals surface area contributed by atoms with Gasteiger partial charge < -0.3 is 10.2 Å². The van der Waals surface area contributed by atoms with E-state index in [9.17, 15) is 0 Å². The third kappa shape index (κ3) is 3.45. The van der Waals surface area contributed by atoms with E-state index in [0.717, 1.165) is 23.2 Å². The zero-order chi connectivity index (χ0) is 12.3. The Hall–Kier alpha value is -1.05. The summed E-state index contributed by atoms with van der Waals surface area (Å²) in [6.45, 7) is 3.33. The smallest absolute Gasteiger partial charge is 0.0992 e. The lowest BCUT2D eigenvalue weighted by molar-refractivity contribution is 0.399. The predicted octanol–water partition coefficient (Wildman–Crippen LogP) is 2.68. The molecule has 0 bridgehead atoms. The van der Waals surface area contributed by atoms with Crippen molar-refractivity contribution in [2.45, 2.75) is 6.42 Å². The molecule has 0 radical (unpaired) electrons. The molecule has 0 aromatic heterocycles. The Morgan fingerprint density at radius 3 is 3.00 bits per heavy atom. The van der Waals surface area contributed by atoms with Crippen LogP contribution in [-0.4, -0.2) is 31.6 Å². The summed E-state index contributed by atoms with van der Waals surface area (Å²) in [5.41, 5.74) is 1.70.